The smallest absolute Gasteiger partial charge is 0.231 e. The molecule has 0 aliphatic heterocycles. The summed E-state index contributed by atoms with van der Waals surface area (Å²) in [7, 11) is 0. The number of hydrogen-bond donors (Lipinski definition) is 1. The molecule has 0 aromatic heterocycles. The molecule has 16 heavy (non-hydrogen) atoms. The molecule has 0 radical (unpaired) electrons. The summed E-state index contributed by atoms with van der Waals surface area (Å²) in [6, 6.07) is 11.1. The van der Waals surface area contributed by atoms with Crippen molar-refractivity contribution < 1.29 is 4.79 Å². The monoisotopic (exact) mass is 216 g/mol. The topological polar surface area (TPSA) is 52.9 Å². The number of carbonyl (C=O) groups excluding carboxylic acids is 1. The van der Waals surface area contributed by atoms with Crippen LogP contribution in [0.4, 0.5) is 0 Å². The molecule has 1 atom stereocenters. The van der Waals surface area contributed by atoms with Crippen LogP contribution in [0.2, 0.25) is 0 Å². The summed E-state index contributed by atoms with van der Waals surface area (Å²) in [4.78, 5) is 12.0. The van der Waals surface area contributed by atoms with E-state index in [-0.39, 0.29) is 5.91 Å². The van der Waals surface area contributed by atoms with Gasteiger partial charge in [0, 0.05) is 0 Å². The summed E-state index contributed by atoms with van der Waals surface area (Å²) in [5, 5.41) is 11.3. The van der Waals surface area contributed by atoms with Gasteiger partial charge in [0.25, 0.3) is 0 Å². The predicted molar refractivity (Wildman–Crippen MR) is 62.7 cm³/mol. The van der Waals surface area contributed by atoms with Gasteiger partial charge in [0.15, 0.2) is 0 Å². The molecule has 0 aliphatic rings. The van der Waals surface area contributed by atoms with Gasteiger partial charge >= 0.3 is 0 Å². The molecule has 0 spiro atoms. The molecule has 0 aliphatic carbocycles. The fourth-order valence-corrected chi connectivity index (χ4v) is 1.40. The second kappa shape index (κ2) is 4.80. The van der Waals surface area contributed by atoms with E-state index in [0.29, 0.717) is 0 Å². The zero-order valence-corrected chi connectivity index (χ0v) is 9.82. The molecule has 1 unspecified atom stereocenters. The number of benzene rings is 1. The molecule has 3 heteroatoms. The first-order chi connectivity index (χ1) is 7.48. The molecule has 0 bridgehead atoms. The highest BCUT2D eigenvalue weighted by Crippen LogP contribution is 2.22. The summed E-state index contributed by atoms with van der Waals surface area (Å²) in [6.07, 6.45) is 0. The Morgan fingerprint density at radius 2 is 1.94 bits per heavy atom. The van der Waals surface area contributed by atoms with E-state index >= 15 is 0 Å². The Morgan fingerprint density at radius 3 is 2.44 bits per heavy atom. The Hall–Kier alpha value is -1.82. The van der Waals surface area contributed by atoms with E-state index in [1.807, 2.05) is 50.2 Å². The van der Waals surface area contributed by atoms with Gasteiger partial charge in [-0.1, -0.05) is 30.3 Å². The van der Waals surface area contributed by atoms with Crippen molar-refractivity contribution in [1.82, 2.24) is 5.32 Å². The third-order valence-corrected chi connectivity index (χ3v) is 2.60. The van der Waals surface area contributed by atoms with Crippen molar-refractivity contribution in [3.05, 3.63) is 35.9 Å². The molecule has 0 saturated carbocycles. The van der Waals surface area contributed by atoms with E-state index in [4.69, 9.17) is 5.26 Å². The summed E-state index contributed by atoms with van der Waals surface area (Å²) < 4.78 is 0. The van der Waals surface area contributed by atoms with Gasteiger partial charge in [-0.05, 0) is 26.3 Å². The Labute approximate surface area is 96.1 Å². The van der Waals surface area contributed by atoms with E-state index in [1.165, 1.54) is 0 Å². The summed E-state index contributed by atoms with van der Waals surface area (Å²) >= 11 is 0. The van der Waals surface area contributed by atoms with Crippen molar-refractivity contribution >= 4 is 5.91 Å². The van der Waals surface area contributed by atoms with Gasteiger partial charge in [-0.3, -0.25) is 4.79 Å². The molecule has 84 valence electrons. The first kappa shape index (κ1) is 12.3. The van der Waals surface area contributed by atoms with Crippen molar-refractivity contribution in [2.75, 3.05) is 0 Å². The highest BCUT2D eigenvalue weighted by Gasteiger charge is 2.30. The Morgan fingerprint density at radius 1 is 1.38 bits per heavy atom. The van der Waals surface area contributed by atoms with Crippen LogP contribution in [0.3, 0.4) is 0 Å². The molecule has 1 aromatic carbocycles. The van der Waals surface area contributed by atoms with Crippen LogP contribution in [0.1, 0.15) is 26.3 Å². The van der Waals surface area contributed by atoms with Gasteiger partial charge in [0.05, 0.1) is 11.5 Å². The number of nitrogens with one attached hydrogen (secondary N) is 1. The highest BCUT2D eigenvalue weighted by molar-refractivity contribution is 5.87. The van der Waals surface area contributed by atoms with Crippen LogP contribution < -0.4 is 5.32 Å². The van der Waals surface area contributed by atoms with Gasteiger partial charge in [-0.25, -0.2) is 0 Å². The van der Waals surface area contributed by atoms with Crippen molar-refractivity contribution in [3.63, 3.8) is 0 Å². The fraction of sp³-hybridized carbons (Fsp3) is 0.385. The molecule has 0 fully saturated rings. The lowest BCUT2D eigenvalue weighted by Gasteiger charge is -2.24. The van der Waals surface area contributed by atoms with Crippen LogP contribution in [-0.4, -0.2) is 11.9 Å². The minimum atomic E-state index is -0.619. The third kappa shape index (κ3) is 2.60. The van der Waals surface area contributed by atoms with Crippen LogP contribution in [0.5, 0.6) is 0 Å². The number of nitrogens with zero attached hydrogens (tertiary/aromatic N) is 1. The predicted octanol–water partition coefficient (Wildman–Crippen LogP) is 1.99. The molecule has 1 aromatic rings. The van der Waals surface area contributed by atoms with Gasteiger partial charge in [0.1, 0.15) is 6.04 Å². The Kier molecular flexibility index (Phi) is 3.68. The largest absolute Gasteiger partial charge is 0.340 e. The van der Waals surface area contributed by atoms with Gasteiger partial charge in [0.2, 0.25) is 5.91 Å². The van der Waals surface area contributed by atoms with Crippen LogP contribution in [0.15, 0.2) is 30.3 Å². The third-order valence-electron chi connectivity index (χ3n) is 2.60. The molecule has 0 saturated heterocycles. The van der Waals surface area contributed by atoms with Crippen molar-refractivity contribution in [2.45, 2.75) is 32.2 Å². The number of nitriles is 1. The van der Waals surface area contributed by atoms with Crippen molar-refractivity contribution in [1.29, 1.82) is 5.26 Å². The first-order valence-electron chi connectivity index (χ1n) is 5.24. The lowest BCUT2D eigenvalue weighted by atomic mass is 9.83. The van der Waals surface area contributed by atoms with E-state index in [0.717, 1.165) is 5.56 Å². The zero-order valence-electron chi connectivity index (χ0n) is 9.82. The molecule has 0 heterocycles. The lowest BCUT2D eigenvalue weighted by molar-refractivity contribution is -0.125. The SMILES string of the molecule is CC(C#N)NC(=O)C(C)(C)c1ccccc1. The van der Waals surface area contributed by atoms with Gasteiger partial charge in [-0.15, -0.1) is 0 Å². The maximum absolute atomic E-state index is 12.0. The molecule has 1 N–H and O–H groups in total. The molecular formula is C13H16N2O. The van der Waals surface area contributed by atoms with E-state index in [2.05, 4.69) is 5.32 Å². The quantitative estimate of drug-likeness (QED) is 0.840. The summed E-state index contributed by atoms with van der Waals surface area (Å²) in [5.74, 6) is -0.132. The maximum atomic E-state index is 12.0. The molecule has 1 amide bonds. The minimum absolute atomic E-state index is 0.132. The van der Waals surface area contributed by atoms with E-state index in [9.17, 15) is 4.79 Å². The van der Waals surface area contributed by atoms with Gasteiger partial charge < -0.3 is 5.32 Å². The Bertz CT molecular complexity index is 404. The molecular weight excluding hydrogens is 200 g/mol. The Balaban J connectivity index is 2.87. The van der Waals surface area contributed by atoms with E-state index < -0.39 is 11.5 Å². The standard InChI is InChI=1S/C13H16N2O/c1-10(9-14)15-12(16)13(2,3)11-7-5-4-6-8-11/h4-8,10H,1-3H3,(H,15,16). The normalized spacial score (nSPS) is 12.6. The first-order valence-corrected chi connectivity index (χ1v) is 5.24. The maximum Gasteiger partial charge on any atom is 0.231 e. The summed E-state index contributed by atoms with van der Waals surface area (Å²) in [5.41, 5.74) is 0.324. The number of rotatable bonds is 3. The minimum Gasteiger partial charge on any atom is -0.340 e. The van der Waals surface area contributed by atoms with Crippen LogP contribution >= 0.6 is 0 Å². The number of amides is 1. The van der Waals surface area contributed by atoms with Crippen LogP contribution in [-0.2, 0) is 10.2 Å². The zero-order chi connectivity index (χ0) is 12.2. The second-order valence-corrected chi connectivity index (χ2v) is 4.32. The van der Waals surface area contributed by atoms with Gasteiger partial charge in [-0.2, -0.15) is 5.26 Å². The average molecular weight is 216 g/mol. The average Bonchev–Trinajstić information content (AvgIpc) is 2.29. The molecule has 1 rings (SSSR count). The fourth-order valence-electron chi connectivity index (χ4n) is 1.40. The highest BCUT2D eigenvalue weighted by atomic mass is 16.2. The van der Waals surface area contributed by atoms with Crippen LogP contribution in [0.25, 0.3) is 0 Å². The number of hydrogen-bond acceptors (Lipinski definition) is 2. The van der Waals surface area contributed by atoms with Crippen molar-refractivity contribution in [3.8, 4) is 6.07 Å². The summed E-state index contributed by atoms with van der Waals surface area (Å²) in [6.45, 7) is 5.36. The second-order valence-electron chi connectivity index (χ2n) is 4.32. The van der Waals surface area contributed by atoms with E-state index in [1.54, 1.807) is 6.92 Å². The van der Waals surface area contributed by atoms with Crippen molar-refractivity contribution in [2.24, 2.45) is 0 Å². The lowest BCUT2D eigenvalue weighted by Crippen LogP contribution is -2.43. The number of carbonyl (C=O) groups is 1. The van der Waals surface area contributed by atoms with Crippen LogP contribution in [0, 0.1) is 11.3 Å². The molecule has 3 nitrogen and oxygen atoms in total.